The Labute approximate surface area is 177 Å². The van der Waals surface area contributed by atoms with Crippen molar-refractivity contribution >= 4 is 40.5 Å². The highest BCUT2D eigenvalue weighted by Crippen LogP contribution is 2.14. The predicted octanol–water partition coefficient (Wildman–Crippen LogP) is 3.32. The van der Waals surface area contributed by atoms with Crippen LogP contribution in [0.1, 0.15) is 25.6 Å². The van der Waals surface area contributed by atoms with Gasteiger partial charge in [-0.05, 0) is 47.4 Å². The van der Waals surface area contributed by atoms with E-state index in [1.54, 1.807) is 41.8 Å². The monoisotopic (exact) mass is 425 g/mol. The molecule has 0 unspecified atom stereocenters. The fraction of sp³-hybridized carbons (Fsp3) is 0.0952. The Morgan fingerprint density at radius 2 is 1.76 bits per heavy atom. The molecule has 0 radical (unpaired) electrons. The van der Waals surface area contributed by atoms with Gasteiger partial charge in [-0.15, -0.1) is 11.3 Å². The van der Waals surface area contributed by atoms with Crippen molar-refractivity contribution in [3.63, 3.8) is 0 Å². The first-order valence-corrected chi connectivity index (χ1v) is 10.1. The van der Waals surface area contributed by atoms with Crippen molar-refractivity contribution < 1.29 is 14.3 Å². The van der Waals surface area contributed by atoms with Crippen LogP contribution in [-0.4, -0.2) is 23.5 Å². The van der Waals surface area contributed by atoms with E-state index in [4.69, 9.17) is 17.0 Å². The molecule has 3 rings (SSSR count). The molecule has 8 heteroatoms. The number of hydrogen-bond donors (Lipinski definition) is 3. The highest BCUT2D eigenvalue weighted by molar-refractivity contribution is 7.80. The fourth-order valence-corrected chi connectivity index (χ4v) is 3.21. The van der Waals surface area contributed by atoms with Crippen molar-refractivity contribution in [3.8, 4) is 5.75 Å². The summed E-state index contributed by atoms with van der Waals surface area (Å²) in [6.45, 7) is 0.504. The second kappa shape index (κ2) is 10.4. The first kappa shape index (κ1) is 20.5. The Morgan fingerprint density at radius 1 is 0.931 bits per heavy atom. The van der Waals surface area contributed by atoms with Gasteiger partial charge >= 0.3 is 0 Å². The second-order valence-corrected chi connectivity index (χ2v) is 7.31. The first-order valence-electron chi connectivity index (χ1n) is 8.84. The Kier molecular flexibility index (Phi) is 7.32. The summed E-state index contributed by atoms with van der Waals surface area (Å²) in [6, 6.07) is 20.3. The van der Waals surface area contributed by atoms with Gasteiger partial charge in [0.15, 0.2) is 5.11 Å². The minimum absolute atomic E-state index is 0.00435. The van der Waals surface area contributed by atoms with E-state index < -0.39 is 5.91 Å². The fourth-order valence-electron chi connectivity index (χ4n) is 2.45. The maximum Gasteiger partial charge on any atom is 0.279 e. The van der Waals surface area contributed by atoms with Gasteiger partial charge in [-0.25, -0.2) is 0 Å². The van der Waals surface area contributed by atoms with E-state index in [-0.39, 0.29) is 11.0 Å². The molecule has 29 heavy (non-hydrogen) atoms. The summed E-state index contributed by atoms with van der Waals surface area (Å²) in [6.07, 6.45) is 0.773. The number of nitrogens with one attached hydrogen (secondary N) is 3. The minimum Gasteiger partial charge on any atom is -0.493 e. The highest BCUT2D eigenvalue weighted by atomic mass is 32.1. The average molecular weight is 426 g/mol. The molecule has 0 aliphatic carbocycles. The van der Waals surface area contributed by atoms with Gasteiger partial charge in [-0.1, -0.05) is 42.5 Å². The van der Waals surface area contributed by atoms with Crippen LogP contribution < -0.4 is 20.9 Å². The highest BCUT2D eigenvalue weighted by Gasteiger charge is 2.11. The number of ether oxygens (including phenoxy) is 1. The van der Waals surface area contributed by atoms with E-state index >= 15 is 0 Å². The van der Waals surface area contributed by atoms with Crippen molar-refractivity contribution in [2.75, 3.05) is 6.61 Å². The van der Waals surface area contributed by atoms with Crippen LogP contribution in [0.15, 0.2) is 72.1 Å². The van der Waals surface area contributed by atoms with E-state index in [0.29, 0.717) is 22.8 Å². The Hall–Kier alpha value is -3.23. The summed E-state index contributed by atoms with van der Waals surface area (Å²) in [5.74, 6) is -0.134. The van der Waals surface area contributed by atoms with Gasteiger partial charge in [-0.2, -0.15) is 0 Å². The third-order valence-electron chi connectivity index (χ3n) is 3.86. The van der Waals surface area contributed by atoms with E-state index in [1.807, 2.05) is 30.3 Å². The summed E-state index contributed by atoms with van der Waals surface area (Å²) < 4.78 is 5.74. The van der Waals surface area contributed by atoms with Crippen LogP contribution in [-0.2, 0) is 6.42 Å². The average Bonchev–Trinajstić information content (AvgIpc) is 3.28. The van der Waals surface area contributed by atoms with E-state index in [1.165, 1.54) is 16.9 Å². The summed E-state index contributed by atoms with van der Waals surface area (Å²) in [7, 11) is 0. The molecule has 0 saturated carbocycles. The van der Waals surface area contributed by atoms with Crippen molar-refractivity contribution in [2.24, 2.45) is 0 Å². The van der Waals surface area contributed by atoms with Crippen LogP contribution in [0, 0.1) is 0 Å². The SMILES string of the molecule is O=C(NC(=S)NNC(=O)c1cccs1)c1cccc(OCCc2ccccc2)c1. The lowest BCUT2D eigenvalue weighted by Crippen LogP contribution is -2.48. The number of benzene rings is 2. The zero-order valence-corrected chi connectivity index (χ0v) is 17.0. The standard InChI is InChI=1S/C21H19N3O3S2/c25-19(22-21(28)24-23-20(26)18-10-5-13-29-18)16-8-4-9-17(14-16)27-12-11-15-6-2-1-3-7-15/h1-10,13-14H,11-12H2,(H,23,26)(H2,22,24,25,28). The zero-order valence-electron chi connectivity index (χ0n) is 15.4. The molecule has 0 spiro atoms. The Morgan fingerprint density at radius 3 is 2.52 bits per heavy atom. The molecule has 3 N–H and O–H groups in total. The molecule has 148 valence electrons. The molecule has 0 aliphatic heterocycles. The van der Waals surface area contributed by atoms with Crippen LogP contribution in [0.25, 0.3) is 0 Å². The van der Waals surface area contributed by atoms with Crippen LogP contribution in [0.4, 0.5) is 0 Å². The van der Waals surface area contributed by atoms with Crippen molar-refractivity contribution in [3.05, 3.63) is 88.1 Å². The summed E-state index contributed by atoms with van der Waals surface area (Å²) in [4.78, 5) is 24.8. The van der Waals surface area contributed by atoms with Crippen LogP contribution in [0.2, 0.25) is 0 Å². The van der Waals surface area contributed by atoms with Gasteiger partial charge < -0.3 is 4.74 Å². The number of carbonyl (C=O) groups is 2. The number of thiophene rings is 1. The lowest BCUT2D eigenvalue weighted by Gasteiger charge is -2.11. The van der Waals surface area contributed by atoms with Gasteiger partial charge in [0.1, 0.15) is 5.75 Å². The third kappa shape index (κ3) is 6.41. The zero-order chi connectivity index (χ0) is 20.5. The van der Waals surface area contributed by atoms with E-state index in [0.717, 1.165) is 6.42 Å². The second-order valence-electron chi connectivity index (χ2n) is 5.95. The summed E-state index contributed by atoms with van der Waals surface area (Å²) >= 11 is 6.35. The largest absolute Gasteiger partial charge is 0.493 e. The molecule has 1 heterocycles. The number of amides is 2. The molecule has 1 aromatic heterocycles. The molecule has 3 aromatic rings. The Balaban J connectivity index is 1.47. The van der Waals surface area contributed by atoms with Gasteiger partial charge in [0.25, 0.3) is 11.8 Å². The third-order valence-corrected chi connectivity index (χ3v) is 4.93. The topological polar surface area (TPSA) is 79.5 Å². The lowest BCUT2D eigenvalue weighted by atomic mass is 10.2. The maximum absolute atomic E-state index is 12.4. The molecule has 0 fully saturated rings. The van der Waals surface area contributed by atoms with Gasteiger partial charge in [0.05, 0.1) is 11.5 Å². The number of carbonyl (C=O) groups excluding carboxylic acids is 2. The number of hydrogen-bond acceptors (Lipinski definition) is 5. The molecular formula is C21H19N3O3S2. The molecule has 0 saturated heterocycles. The van der Waals surface area contributed by atoms with Gasteiger partial charge in [0.2, 0.25) is 0 Å². The normalized spacial score (nSPS) is 10.1. The molecule has 0 bridgehead atoms. The maximum atomic E-state index is 12.4. The molecule has 0 atom stereocenters. The quantitative estimate of drug-likeness (QED) is 0.417. The minimum atomic E-state index is -0.401. The van der Waals surface area contributed by atoms with Crippen molar-refractivity contribution in [1.82, 2.24) is 16.2 Å². The smallest absolute Gasteiger partial charge is 0.279 e. The lowest BCUT2D eigenvalue weighted by molar-refractivity contribution is 0.0938. The Bertz CT molecular complexity index is 976. The van der Waals surface area contributed by atoms with E-state index in [2.05, 4.69) is 16.2 Å². The predicted molar refractivity (Wildman–Crippen MR) is 117 cm³/mol. The summed E-state index contributed by atoms with van der Waals surface area (Å²) in [5.41, 5.74) is 6.53. The molecule has 0 aliphatic rings. The number of thiocarbonyl (C=S) groups is 1. The van der Waals surface area contributed by atoms with Gasteiger partial charge in [-0.3, -0.25) is 25.8 Å². The number of hydrazine groups is 1. The van der Waals surface area contributed by atoms with Crippen molar-refractivity contribution in [2.45, 2.75) is 6.42 Å². The first-order chi connectivity index (χ1) is 14.1. The molecular weight excluding hydrogens is 406 g/mol. The van der Waals surface area contributed by atoms with Crippen LogP contribution in [0.3, 0.4) is 0 Å². The number of rotatable bonds is 6. The molecule has 2 aromatic carbocycles. The van der Waals surface area contributed by atoms with Crippen molar-refractivity contribution in [1.29, 1.82) is 0 Å². The van der Waals surface area contributed by atoms with Gasteiger partial charge in [0, 0.05) is 12.0 Å². The summed E-state index contributed by atoms with van der Waals surface area (Å²) in [5, 5.41) is 4.31. The van der Waals surface area contributed by atoms with Crippen LogP contribution >= 0.6 is 23.6 Å². The molecule has 6 nitrogen and oxygen atoms in total. The van der Waals surface area contributed by atoms with E-state index in [9.17, 15) is 9.59 Å². The molecule has 2 amide bonds. The van der Waals surface area contributed by atoms with Crippen LogP contribution in [0.5, 0.6) is 5.75 Å².